The number of Topliss-reactive ketones (excluding diaryl/α,β-unsaturated/α-hetero) is 1. The Morgan fingerprint density at radius 3 is 2.11 bits per heavy atom. The second-order valence-corrected chi connectivity index (χ2v) is 9.78. The summed E-state index contributed by atoms with van der Waals surface area (Å²) in [6, 6.07) is 22.1. The molecule has 4 rings (SSSR count). The van der Waals surface area contributed by atoms with Gasteiger partial charge in [-0.05, 0) is 73.1 Å². The van der Waals surface area contributed by atoms with Gasteiger partial charge >= 0.3 is 5.97 Å². The monoisotopic (exact) mass is 503 g/mol. The van der Waals surface area contributed by atoms with Gasteiger partial charge in [-0.3, -0.25) is 14.4 Å². The lowest BCUT2D eigenvalue weighted by atomic mass is 9.91. The summed E-state index contributed by atoms with van der Waals surface area (Å²) in [5.74, 6) is -1.95. The number of rotatable bonds is 9. The summed E-state index contributed by atoms with van der Waals surface area (Å²) in [5, 5.41) is 10.4. The summed E-state index contributed by atoms with van der Waals surface area (Å²) in [4.78, 5) is 39.5. The molecule has 1 aliphatic heterocycles. The highest BCUT2D eigenvalue weighted by Gasteiger charge is 2.23. The van der Waals surface area contributed by atoms with Crippen molar-refractivity contribution in [3.8, 4) is 11.1 Å². The molecule has 1 fully saturated rings. The Morgan fingerprint density at radius 2 is 1.47 bits per heavy atom. The average molecular weight is 504 g/mol. The first-order chi connectivity index (χ1) is 17.4. The van der Waals surface area contributed by atoms with Crippen LogP contribution in [0, 0.1) is 5.92 Å². The maximum Gasteiger partial charge on any atom is 0.306 e. The van der Waals surface area contributed by atoms with Crippen molar-refractivity contribution in [3.05, 3.63) is 94.5 Å². The zero-order valence-corrected chi connectivity index (χ0v) is 20.9. The number of ketones is 1. The smallest absolute Gasteiger partial charge is 0.306 e. The van der Waals surface area contributed by atoms with E-state index in [0.717, 1.165) is 49.0 Å². The maximum absolute atomic E-state index is 12.9. The number of carbonyl (C=O) groups excluding carboxylic acids is 2. The highest BCUT2D eigenvalue weighted by Crippen LogP contribution is 2.24. The number of carbonyl (C=O) groups is 3. The number of aliphatic carboxylic acids is 1. The molecule has 0 aromatic heterocycles. The molecule has 1 saturated heterocycles. The van der Waals surface area contributed by atoms with Gasteiger partial charge in [-0.15, -0.1) is 0 Å². The SMILES string of the molecule is O=C(C[C@@H](CCc1cccc(C(=O)N2CCCCC2)c1)C(=O)O)c1ccc(-c2ccc(Cl)cc2)cc1. The van der Waals surface area contributed by atoms with Crippen LogP contribution in [0.2, 0.25) is 5.02 Å². The molecule has 186 valence electrons. The molecule has 6 heteroatoms. The Morgan fingerprint density at radius 1 is 0.833 bits per heavy atom. The van der Waals surface area contributed by atoms with Gasteiger partial charge in [0, 0.05) is 35.7 Å². The number of carboxylic acid groups (broad SMARTS) is 1. The predicted molar refractivity (Wildman–Crippen MR) is 141 cm³/mol. The minimum absolute atomic E-state index is 0.0311. The third-order valence-electron chi connectivity index (χ3n) is 6.76. The van der Waals surface area contributed by atoms with Gasteiger partial charge in [0.05, 0.1) is 5.92 Å². The second kappa shape index (κ2) is 12.0. The Bertz CT molecular complexity index is 1210. The summed E-state index contributed by atoms with van der Waals surface area (Å²) in [5.41, 5.74) is 3.98. The zero-order chi connectivity index (χ0) is 25.5. The number of carboxylic acids is 1. The van der Waals surface area contributed by atoms with Gasteiger partial charge < -0.3 is 10.0 Å². The fraction of sp³-hybridized carbons (Fsp3) is 0.300. The number of aryl methyl sites for hydroxylation is 1. The summed E-state index contributed by atoms with van der Waals surface area (Å²) in [7, 11) is 0. The maximum atomic E-state index is 12.9. The molecule has 1 aliphatic rings. The highest BCUT2D eigenvalue weighted by atomic mass is 35.5. The van der Waals surface area contributed by atoms with E-state index >= 15 is 0 Å². The van der Waals surface area contributed by atoms with E-state index < -0.39 is 11.9 Å². The minimum Gasteiger partial charge on any atom is -0.481 e. The lowest BCUT2D eigenvalue weighted by Crippen LogP contribution is -2.35. The van der Waals surface area contributed by atoms with E-state index in [1.54, 1.807) is 12.1 Å². The van der Waals surface area contributed by atoms with Crippen molar-refractivity contribution in [2.45, 2.75) is 38.5 Å². The molecule has 1 atom stereocenters. The standard InChI is InChI=1S/C30H30ClNO4/c31-27-15-13-23(14-16-27)22-9-11-24(12-10-22)28(33)20-26(30(35)36)8-7-21-5-4-6-25(19-21)29(34)32-17-2-1-3-18-32/h4-6,9-16,19,26H,1-3,7-8,17-18,20H2,(H,35,36)/t26-/m1/s1. The third-order valence-corrected chi connectivity index (χ3v) is 7.02. The van der Waals surface area contributed by atoms with E-state index in [1.807, 2.05) is 65.6 Å². The largest absolute Gasteiger partial charge is 0.481 e. The summed E-state index contributed by atoms with van der Waals surface area (Å²) in [6.07, 6.45) is 3.97. The molecule has 1 heterocycles. The van der Waals surface area contributed by atoms with Gasteiger partial charge in [0.2, 0.25) is 0 Å². The van der Waals surface area contributed by atoms with Crippen LogP contribution >= 0.6 is 11.6 Å². The molecule has 3 aromatic carbocycles. The van der Waals surface area contributed by atoms with E-state index in [9.17, 15) is 19.5 Å². The van der Waals surface area contributed by atoms with Crippen LogP contribution in [0.1, 0.15) is 58.4 Å². The predicted octanol–water partition coefficient (Wildman–Crippen LogP) is 6.54. The molecule has 1 N–H and O–H groups in total. The van der Waals surface area contributed by atoms with Crippen molar-refractivity contribution in [2.24, 2.45) is 5.92 Å². The Labute approximate surface area is 216 Å². The lowest BCUT2D eigenvalue weighted by Gasteiger charge is -2.26. The van der Waals surface area contributed by atoms with Crippen LogP contribution in [-0.2, 0) is 11.2 Å². The van der Waals surface area contributed by atoms with Crippen molar-refractivity contribution in [2.75, 3.05) is 13.1 Å². The van der Waals surface area contributed by atoms with Crippen LogP contribution in [-0.4, -0.2) is 40.8 Å². The van der Waals surface area contributed by atoms with E-state index in [-0.39, 0.29) is 18.1 Å². The van der Waals surface area contributed by atoms with Gasteiger partial charge in [-0.25, -0.2) is 0 Å². The number of benzene rings is 3. The lowest BCUT2D eigenvalue weighted by molar-refractivity contribution is -0.141. The number of nitrogens with zero attached hydrogens (tertiary/aromatic N) is 1. The summed E-state index contributed by atoms with van der Waals surface area (Å²) < 4.78 is 0. The van der Waals surface area contributed by atoms with E-state index in [0.29, 0.717) is 29.0 Å². The fourth-order valence-electron chi connectivity index (χ4n) is 4.63. The minimum atomic E-state index is -0.985. The first kappa shape index (κ1) is 25.6. The summed E-state index contributed by atoms with van der Waals surface area (Å²) >= 11 is 5.95. The third kappa shape index (κ3) is 6.61. The molecule has 0 bridgehead atoms. The van der Waals surface area contributed by atoms with E-state index in [1.165, 1.54) is 0 Å². The second-order valence-electron chi connectivity index (χ2n) is 9.34. The Balaban J connectivity index is 1.37. The molecule has 0 aliphatic carbocycles. The molecular weight excluding hydrogens is 474 g/mol. The molecule has 0 unspecified atom stereocenters. The average Bonchev–Trinajstić information content (AvgIpc) is 2.91. The fourth-order valence-corrected chi connectivity index (χ4v) is 4.75. The molecular formula is C30H30ClNO4. The van der Waals surface area contributed by atoms with Crippen molar-refractivity contribution in [1.29, 1.82) is 0 Å². The molecule has 0 spiro atoms. The van der Waals surface area contributed by atoms with E-state index in [4.69, 9.17) is 11.6 Å². The molecule has 1 amide bonds. The number of likely N-dealkylation sites (tertiary alicyclic amines) is 1. The first-order valence-corrected chi connectivity index (χ1v) is 12.8. The van der Waals surface area contributed by atoms with Crippen LogP contribution in [0.25, 0.3) is 11.1 Å². The molecule has 0 saturated carbocycles. The topological polar surface area (TPSA) is 74.7 Å². The number of halogens is 1. The highest BCUT2D eigenvalue weighted by molar-refractivity contribution is 6.30. The van der Waals surface area contributed by atoms with Gasteiger partial charge in [-0.1, -0.05) is 60.1 Å². The molecule has 5 nitrogen and oxygen atoms in total. The van der Waals surface area contributed by atoms with Crippen molar-refractivity contribution in [1.82, 2.24) is 4.90 Å². The van der Waals surface area contributed by atoms with Crippen molar-refractivity contribution in [3.63, 3.8) is 0 Å². The van der Waals surface area contributed by atoms with Crippen molar-refractivity contribution < 1.29 is 19.5 Å². The quantitative estimate of drug-likeness (QED) is 0.336. The molecule has 3 aromatic rings. The molecule has 36 heavy (non-hydrogen) atoms. The van der Waals surface area contributed by atoms with Crippen LogP contribution in [0.3, 0.4) is 0 Å². The van der Waals surface area contributed by atoms with Gasteiger partial charge in [-0.2, -0.15) is 0 Å². The van der Waals surface area contributed by atoms with Crippen LogP contribution in [0.5, 0.6) is 0 Å². The number of hydrogen-bond acceptors (Lipinski definition) is 3. The van der Waals surface area contributed by atoms with Crippen LogP contribution in [0.15, 0.2) is 72.8 Å². The zero-order valence-electron chi connectivity index (χ0n) is 20.2. The molecule has 0 radical (unpaired) electrons. The van der Waals surface area contributed by atoms with Gasteiger partial charge in [0.1, 0.15) is 0 Å². The van der Waals surface area contributed by atoms with E-state index in [2.05, 4.69) is 0 Å². The Hall–Kier alpha value is -3.44. The van der Waals surface area contributed by atoms with Crippen LogP contribution < -0.4 is 0 Å². The van der Waals surface area contributed by atoms with Gasteiger partial charge in [0.25, 0.3) is 5.91 Å². The van der Waals surface area contributed by atoms with Gasteiger partial charge in [0.15, 0.2) is 5.78 Å². The van der Waals surface area contributed by atoms with Crippen LogP contribution in [0.4, 0.5) is 0 Å². The number of amides is 1. The normalized spacial score (nSPS) is 14.3. The summed E-state index contributed by atoms with van der Waals surface area (Å²) in [6.45, 7) is 1.57. The first-order valence-electron chi connectivity index (χ1n) is 12.4. The van der Waals surface area contributed by atoms with Crippen molar-refractivity contribution >= 4 is 29.3 Å². The number of hydrogen-bond donors (Lipinski definition) is 1. The number of piperidine rings is 1. The Kier molecular flexibility index (Phi) is 8.55.